The minimum absolute atomic E-state index is 0.0727. The molecule has 3 rings (SSSR count). The summed E-state index contributed by atoms with van der Waals surface area (Å²) in [6, 6.07) is 3.15. The first-order chi connectivity index (χ1) is 19.2. The second-order valence-electron chi connectivity index (χ2n) is 9.44. The SMILES string of the molecule is NCCCCC(NC(=O)C(N)Cc1cnc[nH]1)C(=O)NC(Cc1c[nH]c2ccccc12)C(=O)NC(CS)C(=O)O. The van der Waals surface area contributed by atoms with Crippen LogP contribution in [0, 0.1) is 0 Å². The van der Waals surface area contributed by atoms with Gasteiger partial charge in [0.25, 0.3) is 0 Å². The third kappa shape index (κ3) is 8.56. The predicted molar refractivity (Wildman–Crippen MR) is 152 cm³/mol. The average molecular weight is 573 g/mol. The Morgan fingerprint density at radius 3 is 2.33 bits per heavy atom. The lowest BCUT2D eigenvalue weighted by Gasteiger charge is -2.25. The lowest BCUT2D eigenvalue weighted by molar-refractivity contribution is -0.141. The minimum atomic E-state index is -1.25. The topological polar surface area (TPSA) is 221 Å². The molecule has 14 heteroatoms. The van der Waals surface area contributed by atoms with E-state index in [0.717, 1.165) is 16.5 Å². The van der Waals surface area contributed by atoms with Gasteiger partial charge in [0.2, 0.25) is 17.7 Å². The number of para-hydroxylation sites is 1. The van der Waals surface area contributed by atoms with Crippen molar-refractivity contribution in [2.24, 2.45) is 11.5 Å². The van der Waals surface area contributed by atoms with Gasteiger partial charge in [-0.3, -0.25) is 14.4 Å². The van der Waals surface area contributed by atoms with Crippen molar-refractivity contribution < 1.29 is 24.3 Å². The first kappa shape index (κ1) is 30.7. The molecule has 1 aromatic carbocycles. The molecule has 0 radical (unpaired) electrons. The molecule has 0 aliphatic rings. The fourth-order valence-electron chi connectivity index (χ4n) is 4.23. The van der Waals surface area contributed by atoms with E-state index in [4.69, 9.17) is 11.5 Å². The Labute approximate surface area is 236 Å². The number of amides is 3. The molecule has 4 atom stereocenters. The van der Waals surface area contributed by atoms with E-state index in [1.54, 1.807) is 12.4 Å². The number of H-pyrrole nitrogens is 2. The van der Waals surface area contributed by atoms with Crippen LogP contribution in [-0.4, -0.2) is 80.2 Å². The minimum Gasteiger partial charge on any atom is -0.480 e. The molecule has 40 heavy (non-hydrogen) atoms. The first-order valence-electron chi connectivity index (χ1n) is 13.0. The van der Waals surface area contributed by atoms with Gasteiger partial charge in [-0.15, -0.1) is 0 Å². The fraction of sp³-hybridized carbons (Fsp3) is 0.423. The number of hydrogen-bond donors (Lipinski definition) is 9. The number of nitrogens with zero attached hydrogens (tertiary/aromatic N) is 1. The number of aromatic amines is 2. The number of nitrogens with two attached hydrogens (primary N) is 2. The number of imidazole rings is 1. The van der Waals surface area contributed by atoms with Crippen molar-refractivity contribution in [2.75, 3.05) is 12.3 Å². The highest BCUT2D eigenvalue weighted by Crippen LogP contribution is 2.19. The molecule has 10 N–H and O–H groups in total. The number of carboxylic acid groups (broad SMARTS) is 1. The predicted octanol–water partition coefficient (Wildman–Crippen LogP) is -0.399. The average Bonchev–Trinajstić information content (AvgIpc) is 3.60. The number of unbranched alkanes of at least 4 members (excludes halogenated alkanes) is 1. The summed E-state index contributed by atoms with van der Waals surface area (Å²) in [5, 5.41) is 18.1. The molecule has 0 saturated heterocycles. The van der Waals surface area contributed by atoms with E-state index in [-0.39, 0.29) is 25.0 Å². The number of carboxylic acids is 1. The lowest BCUT2D eigenvalue weighted by Crippen LogP contribution is -2.58. The maximum atomic E-state index is 13.5. The summed E-state index contributed by atoms with van der Waals surface area (Å²) in [4.78, 5) is 61.0. The van der Waals surface area contributed by atoms with E-state index in [2.05, 4.69) is 43.5 Å². The number of hydrogen-bond acceptors (Lipinski definition) is 8. The van der Waals surface area contributed by atoms with Crippen LogP contribution in [-0.2, 0) is 32.0 Å². The van der Waals surface area contributed by atoms with E-state index in [1.165, 1.54) is 6.33 Å². The maximum Gasteiger partial charge on any atom is 0.327 e. The summed E-state index contributed by atoms with van der Waals surface area (Å²) in [6.07, 6.45) is 6.47. The van der Waals surface area contributed by atoms with Crippen LogP contribution in [0.5, 0.6) is 0 Å². The highest BCUT2D eigenvalue weighted by molar-refractivity contribution is 7.80. The molecule has 216 valence electrons. The van der Waals surface area contributed by atoms with Crippen molar-refractivity contribution in [2.45, 2.75) is 56.3 Å². The van der Waals surface area contributed by atoms with Gasteiger partial charge in [0, 0.05) is 47.6 Å². The normalized spacial score (nSPS) is 14.2. The van der Waals surface area contributed by atoms with Crippen molar-refractivity contribution in [3.63, 3.8) is 0 Å². The molecule has 2 heterocycles. The molecule has 0 aliphatic heterocycles. The highest BCUT2D eigenvalue weighted by atomic mass is 32.1. The third-order valence-corrected chi connectivity index (χ3v) is 6.81. The number of thiol groups is 1. The van der Waals surface area contributed by atoms with Crippen molar-refractivity contribution in [3.8, 4) is 0 Å². The van der Waals surface area contributed by atoms with Gasteiger partial charge in [-0.1, -0.05) is 18.2 Å². The summed E-state index contributed by atoms with van der Waals surface area (Å²) in [5.41, 5.74) is 13.9. The van der Waals surface area contributed by atoms with Crippen LogP contribution >= 0.6 is 12.6 Å². The summed E-state index contributed by atoms with van der Waals surface area (Å²) in [6.45, 7) is 0.410. The molecular formula is C26H36N8O5S. The highest BCUT2D eigenvalue weighted by Gasteiger charge is 2.30. The maximum absolute atomic E-state index is 13.5. The molecule has 0 bridgehead atoms. The van der Waals surface area contributed by atoms with E-state index >= 15 is 0 Å². The number of aliphatic carboxylic acids is 1. The Morgan fingerprint density at radius 2 is 1.65 bits per heavy atom. The Hall–Kier alpha value is -3.88. The van der Waals surface area contributed by atoms with Crippen LogP contribution in [0.15, 0.2) is 43.0 Å². The van der Waals surface area contributed by atoms with Crippen molar-refractivity contribution in [1.82, 2.24) is 30.9 Å². The van der Waals surface area contributed by atoms with Gasteiger partial charge in [-0.25, -0.2) is 9.78 Å². The molecule has 0 saturated carbocycles. The Bertz CT molecular complexity index is 1280. The van der Waals surface area contributed by atoms with Gasteiger partial charge in [0.05, 0.1) is 12.4 Å². The smallest absolute Gasteiger partial charge is 0.327 e. The number of carbonyl (C=O) groups excluding carboxylic acids is 3. The number of nitrogens with one attached hydrogen (secondary N) is 5. The summed E-state index contributed by atoms with van der Waals surface area (Å²) in [5.74, 6) is -3.22. The standard InChI is InChI=1S/C26H36N8O5S/c27-8-4-3-7-20(32-23(35)18(28)10-16-12-29-14-31-16)24(36)33-21(25(37)34-22(13-40)26(38)39)9-15-11-30-19-6-2-1-5-17(15)19/h1-2,5-6,11-12,14,18,20-22,30,40H,3-4,7-10,13,27-28H2,(H,29,31)(H,32,35)(H,33,36)(H,34,37)(H,38,39). The van der Waals surface area contributed by atoms with E-state index < -0.39 is 47.9 Å². The van der Waals surface area contributed by atoms with Gasteiger partial charge in [0.15, 0.2) is 0 Å². The van der Waals surface area contributed by atoms with Crippen LogP contribution in [0.3, 0.4) is 0 Å². The molecule has 0 aliphatic carbocycles. The summed E-state index contributed by atoms with van der Waals surface area (Å²) < 4.78 is 0. The van der Waals surface area contributed by atoms with Gasteiger partial charge in [0.1, 0.15) is 18.1 Å². The van der Waals surface area contributed by atoms with Crippen molar-refractivity contribution >= 4 is 47.2 Å². The zero-order valence-corrected chi connectivity index (χ0v) is 22.8. The second kappa shape index (κ2) is 15.1. The van der Waals surface area contributed by atoms with E-state index in [1.807, 2.05) is 24.3 Å². The summed E-state index contributed by atoms with van der Waals surface area (Å²) in [7, 11) is 0. The van der Waals surface area contributed by atoms with Crippen molar-refractivity contribution in [1.29, 1.82) is 0 Å². The fourth-order valence-corrected chi connectivity index (χ4v) is 4.47. The second-order valence-corrected chi connectivity index (χ2v) is 9.81. The van der Waals surface area contributed by atoms with Gasteiger partial charge in [-0.2, -0.15) is 12.6 Å². The Kier molecular flexibility index (Phi) is 11.5. The molecule has 0 fully saturated rings. The number of aromatic nitrogens is 3. The van der Waals surface area contributed by atoms with E-state index in [9.17, 15) is 24.3 Å². The number of fused-ring (bicyclic) bond motifs is 1. The molecule has 0 spiro atoms. The van der Waals surface area contributed by atoms with Gasteiger partial charge < -0.3 is 42.5 Å². The number of rotatable bonds is 16. The van der Waals surface area contributed by atoms with Crippen LogP contribution in [0.1, 0.15) is 30.5 Å². The van der Waals surface area contributed by atoms with E-state index in [0.29, 0.717) is 25.1 Å². The molecule has 13 nitrogen and oxygen atoms in total. The molecule has 2 aromatic heterocycles. The zero-order chi connectivity index (χ0) is 29.1. The Balaban J connectivity index is 1.79. The molecule has 3 amide bonds. The van der Waals surface area contributed by atoms with Crippen LogP contribution in [0.25, 0.3) is 10.9 Å². The summed E-state index contributed by atoms with van der Waals surface area (Å²) >= 11 is 4.01. The zero-order valence-electron chi connectivity index (χ0n) is 21.9. The first-order valence-corrected chi connectivity index (χ1v) is 13.6. The quantitative estimate of drug-likeness (QED) is 0.0810. The number of carbonyl (C=O) groups is 4. The van der Waals surface area contributed by atoms with Crippen LogP contribution in [0.2, 0.25) is 0 Å². The molecule has 4 unspecified atom stereocenters. The molecular weight excluding hydrogens is 536 g/mol. The molecule has 3 aromatic rings. The van der Waals surface area contributed by atoms with Crippen LogP contribution < -0.4 is 27.4 Å². The third-order valence-electron chi connectivity index (χ3n) is 6.44. The van der Waals surface area contributed by atoms with Gasteiger partial charge in [-0.05, 0) is 37.4 Å². The monoisotopic (exact) mass is 572 g/mol. The van der Waals surface area contributed by atoms with Crippen LogP contribution in [0.4, 0.5) is 0 Å². The lowest BCUT2D eigenvalue weighted by atomic mass is 10.0. The van der Waals surface area contributed by atoms with Crippen molar-refractivity contribution in [3.05, 3.63) is 54.2 Å². The Morgan fingerprint density at radius 1 is 0.950 bits per heavy atom. The largest absolute Gasteiger partial charge is 0.480 e. The number of benzene rings is 1. The van der Waals surface area contributed by atoms with Gasteiger partial charge >= 0.3 is 5.97 Å².